The Morgan fingerprint density at radius 1 is 1.03 bits per heavy atom. The Morgan fingerprint density at radius 2 is 1.76 bits per heavy atom. The van der Waals surface area contributed by atoms with Crippen LogP contribution in [0, 0.1) is 0 Å². The highest BCUT2D eigenvalue weighted by Crippen LogP contribution is 2.25. The molecule has 0 spiro atoms. The number of nitrogens with zero attached hydrogens (tertiary/aromatic N) is 3. The molecule has 0 bridgehead atoms. The first-order valence-electron chi connectivity index (χ1n) is 10.7. The van der Waals surface area contributed by atoms with E-state index in [2.05, 4.69) is 9.80 Å². The van der Waals surface area contributed by atoms with Crippen LogP contribution in [0.25, 0.3) is 0 Å². The van der Waals surface area contributed by atoms with Gasteiger partial charge in [0.1, 0.15) is 5.75 Å². The third-order valence-electron chi connectivity index (χ3n) is 6.46. The zero-order valence-corrected chi connectivity index (χ0v) is 17.2. The number of hydrogen-bond acceptors (Lipinski definition) is 5. The maximum atomic E-state index is 13.2. The van der Waals surface area contributed by atoms with Crippen molar-refractivity contribution in [3.8, 4) is 5.75 Å². The van der Waals surface area contributed by atoms with Crippen LogP contribution in [0.3, 0.4) is 0 Å². The van der Waals surface area contributed by atoms with Crippen LogP contribution in [0.1, 0.15) is 36.0 Å². The molecule has 3 aliphatic heterocycles. The van der Waals surface area contributed by atoms with Gasteiger partial charge in [-0.3, -0.25) is 14.5 Å². The SMILES string of the molecule is COc1ccccc1C(=O)N1CCN(C2CCCN(C3CCOCC3)C2=O)CC1. The van der Waals surface area contributed by atoms with Crippen LogP contribution in [0.4, 0.5) is 0 Å². The fourth-order valence-electron chi connectivity index (χ4n) is 4.81. The van der Waals surface area contributed by atoms with Gasteiger partial charge < -0.3 is 19.3 Å². The second-order valence-electron chi connectivity index (χ2n) is 8.06. The molecule has 3 fully saturated rings. The van der Waals surface area contributed by atoms with Crippen molar-refractivity contribution in [2.75, 3.05) is 53.0 Å². The Labute approximate surface area is 172 Å². The lowest BCUT2D eigenvalue weighted by molar-refractivity contribution is -0.145. The molecular formula is C22H31N3O4. The molecular weight excluding hydrogens is 370 g/mol. The average molecular weight is 402 g/mol. The Bertz CT molecular complexity index is 727. The zero-order valence-electron chi connectivity index (χ0n) is 17.2. The minimum Gasteiger partial charge on any atom is -0.496 e. The number of ether oxygens (including phenoxy) is 2. The summed E-state index contributed by atoms with van der Waals surface area (Å²) in [5.41, 5.74) is 0.600. The third-order valence-corrected chi connectivity index (χ3v) is 6.46. The quantitative estimate of drug-likeness (QED) is 0.767. The fourth-order valence-corrected chi connectivity index (χ4v) is 4.81. The molecule has 4 rings (SSSR count). The summed E-state index contributed by atoms with van der Waals surface area (Å²) < 4.78 is 10.8. The molecule has 1 aromatic carbocycles. The average Bonchev–Trinajstić information content (AvgIpc) is 2.79. The predicted octanol–water partition coefficient (Wildman–Crippen LogP) is 1.62. The molecule has 1 atom stereocenters. The number of para-hydroxylation sites is 1. The second-order valence-corrected chi connectivity index (χ2v) is 8.06. The lowest BCUT2D eigenvalue weighted by atomic mass is 9.97. The predicted molar refractivity (Wildman–Crippen MR) is 109 cm³/mol. The van der Waals surface area contributed by atoms with Crippen LogP contribution in [-0.4, -0.2) is 91.6 Å². The van der Waals surface area contributed by atoms with Crippen LogP contribution in [-0.2, 0) is 9.53 Å². The summed E-state index contributed by atoms with van der Waals surface area (Å²) >= 11 is 0. The minimum atomic E-state index is -0.0462. The highest BCUT2D eigenvalue weighted by atomic mass is 16.5. The number of amides is 2. The Balaban J connectivity index is 1.36. The summed E-state index contributed by atoms with van der Waals surface area (Å²) in [6.07, 6.45) is 3.85. The van der Waals surface area contributed by atoms with E-state index in [0.29, 0.717) is 30.4 Å². The fraction of sp³-hybridized carbons (Fsp3) is 0.636. The number of benzene rings is 1. The smallest absolute Gasteiger partial charge is 0.257 e. The number of methoxy groups -OCH3 is 1. The number of likely N-dealkylation sites (tertiary alicyclic amines) is 1. The van der Waals surface area contributed by atoms with Gasteiger partial charge in [-0.05, 0) is 37.8 Å². The van der Waals surface area contributed by atoms with Gasteiger partial charge in [-0.25, -0.2) is 0 Å². The summed E-state index contributed by atoms with van der Waals surface area (Å²) in [5.74, 6) is 0.878. The van der Waals surface area contributed by atoms with E-state index < -0.39 is 0 Å². The molecule has 1 unspecified atom stereocenters. The number of piperazine rings is 1. The van der Waals surface area contributed by atoms with E-state index in [4.69, 9.17) is 9.47 Å². The molecule has 7 heteroatoms. The topological polar surface area (TPSA) is 62.3 Å². The van der Waals surface area contributed by atoms with Gasteiger partial charge in [-0.15, -0.1) is 0 Å². The monoisotopic (exact) mass is 401 g/mol. The van der Waals surface area contributed by atoms with Gasteiger partial charge >= 0.3 is 0 Å². The molecule has 3 saturated heterocycles. The molecule has 0 N–H and O–H groups in total. The molecule has 2 amide bonds. The first kappa shape index (κ1) is 20.2. The largest absolute Gasteiger partial charge is 0.496 e. The number of carbonyl (C=O) groups is 2. The van der Waals surface area contributed by atoms with Crippen molar-refractivity contribution in [1.29, 1.82) is 0 Å². The molecule has 29 heavy (non-hydrogen) atoms. The van der Waals surface area contributed by atoms with Crippen LogP contribution in [0.2, 0.25) is 0 Å². The van der Waals surface area contributed by atoms with Crippen LogP contribution < -0.4 is 4.74 Å². The zero-order chi connectivity index (χ0) is 20.2. The van der Waals surface area contributed by atoms with E-state index in [0.717, 1.165) is 58.5 Å². The van der Waals surface area contributed by atoms with Crippen molar-refractivity contribution < 1.29 is 19.1 Å². The van der Waals surface area contributed by atoms with Crippen molar-refractivity contribution in [1.82, 2.24) is 14.7 Å². The van der Waals surface area contributed by atoms with Crippen molar-refractivity contribution in [2.45, 2.75) is 37.8 Å². The van der Waals surface area contributed by atoms with Gasteiger partial charge in [0.05, 0.1) is 18.7 Å². The first-order valence-corrected chi connectivity index (χ1v) is 10.7. The lowest BCUT2D eigenvalue weighted by Gasteiger charge is -2.45. The number of rotatable bonds is 4. The summed E-state index contributed by atoms with van der Waals surface area (Å²) in [5, 5.41) is 0. The van der Waals surface area contributed by atoms with Crippen LogP contribution >= 0.6 is 0 Å². The van der Waals surface area contributed by atoms with E-state index in [9.17, 15) is 9.59 Å². The van der Waals surface area contributed by atoms with Gasteiger partial charge in [0.2, 0.25) is 5.91 Å². The molecule has 158 valence electrons. The number of carbonyl (C=O) groups excluding carboxylic acids is 2. The molecule has 0 saturated carbocycles. The van der Waals surface area contributed by atoms with Gasteiger partial charge in [0, 0.05) is 52.0 Å². The van der Waals surface area contributed by atoms with E-state index >= 15 is 0 Å². The highest BCUT2D eigenvalue weighted by Gasteiger charge is 2.38. The molecule has 1 aromatic rings. The van der Waals surface area contributed by atoms with Crippen molar-refractivity contribution in [2.24, 2.45) is 0 Å². The second kappa shape index (κ2) is 9.13. The molecule has 0 aliphatic carbocycles. The summed E-state index contributed by atoms with van der Waals surface area (Å²) in [6, 6.07) is 7.63. The van der Waals surface area contributed by atoms with E-state index in [-0.39, 0.29) is 17.9 Å². The number of piperidine rings is 1. The highest BCUT2D eigenvalue weighted by molar-refractivity contribution is 5.97. The number of hydrogen-bond donors (Lipinski definition) is 0. The summed E-state index contributed by atoms with van der Waals surface area (Å²) in [6.45, 7) is 5.12. The maximum Gasteiger partial charge on any atom is 0.257 e. The molecule has 3 aliphatic rings. The van der Waals surface area contributed by atoms with E-state index in [1.165, 1.54) is 0 Å². The summed E-state index contributed by atoms with van der Waals surface area (Å²) in [7, 11) is 1.59. The molecule has 7 nitrogen and oxygen atoms in total. The molecule has 3 heterocycles. The Hall–Kier alpha value is -2.12. The Kier molecular flexibility index (Phi) is 6.35. The van der Waals surface area contributed by atoms with Gasteiger partial charge in [0.25, 0.3) is 5.91 Å². The molecule has 0 radical (unpaired) electrons. The molecule has 0 aromatic heterocycles. The Morgan fingerprint density at radius 3 is 2.48 bits per heavy atom. The van der Waals surface area contributed by atoms with Gasteiger partial charge in [-0.1, -0.05) is 12.1 Å². The van der Waals surface area contributed by atoms with Crippen molar-refractivity contribution >= 4 is 11.8 Å². The minimum absolute atomic E-state index is 0.000836. The van der Waals surface area contributed by atoms with E-state index in [1.54, 1.807) is 7.11 Å². The first-order chi connectivity index (χ1) is 14.2. The normalized spacial score (nSPS) is 24.6. The van der Waals surface area contributed by atoms with E-state index in [1.807, 2.05) is 29.2 Å². The van der Waals surface area contributed by atoms with Gasteiger partial charge in [-0.2, -0.15) is 0 Å². The van der Waals surface area contributed by atoms with Crippen molar-refractivity contribution in [3.63, 3.8) is 0 Å². The van der Waals surface area contributed by atoms with Crippen molar-refractivity contribution in [3.05, 3.63) is 29.8 Å². The third kappa shape index (κ3) is 4.26. The lowest BCUT2D eigenvalue weighted by Crippen LogP contribution is -2.60. The van der Waals surface area contributed by atoms with Gasteiger partial charge in [0.15, 0.2) is 0 Å². The van der Waals surface area contributed by atoms with Crippen LogP contribution in [0.15, 0.2) is 24.3 Å². The maximum absolute atomic E-state index is 13.2. The van der Waals surface area contributed by atoms with Crippen LogP contribution in [0.5, 0.6) is 5.75 Å². The standard InChI is InChI=1S/C22H31N3O4/c1-28-20-7-3-2-5-18(20)21(26)24-13-11-23(12-14-24)19-6-4-10-25(22(19)27)17-8-15-29-16-9-17/h2-3,5,7,17,19H,4,6,8-16H2,1H3. The summed E-state index contributed by atoms with van der Waals surface area (Å²) in [4.78, 5) is 32.4.